The number of hydrogen-bond donors (Lipinski definition) is 4. The lowest BCUT2D eigenvalue weighted by atomic mass is 9.97. The average molecular weight is 178 g/mol. The van der Waals surface area contributed by atoms with Gasteiger partial charge in [0.05, 0.1) is 6.10 Å². The molecule has 12 heavy (non-hydrogen) atoms. The summed E-state index contributed by atoms with van der Waals surface area (Å²) in [6.07, 6.45) is -5.44. The summed E-state index contributed by atoms with van der Waals surface area (Å²) < 4.78 is 4.83. The van der Waals surface area contributed by atoms with Crippen LogP contribution >= 0.6 is 0 Å². The molecule has 0 radical (unpaired) electrons. The van der Waals surface area contributed by atoms with Gasteiger partial charge in [0.25, 0.3) is 0 Å². The molecule has 0 spiro atoms. The first-order chi connectivity index (χ1) is 5.57. The molecule has 1 fully saturated rings. The second-order valence-electron chi connectivity index (χ2n) is 2.95. The highest BCUT2D eigenvalue weighted by Gasteiger charge is 2.41. The Balaban J connectivity index is 2.63. The molecule has 1 saturated heterocycles. The van der Waals surface area contributed by atoms with Crippen molar-refractivity contribution in [3.8, 4) is 0 Å². The molecule has 0 aromatic heterocycles. The number of hydrogen-bond acceptors (Lipinski definition) is 5. The predicted molar refractivity (Wildman–Crippen MR) is 39.2 cm³/mol. The lowest BCUT2D eigenvalue weighted by Crippen LogP contribution is -2.57. The zero-order chi connectivity index (χ0) is 9.30. The Hall–Kier alpha value is -0.200. The van der Waals surface area contributed by atoms with Crippen molar-refractivity contribution in [2.45, 2.75) is 44.1 Å². The first kappa shape index (κ1) is 9.88. The van der Waals surface area contributed by atoms with Crippen molar-refractivity contribution in [3.05, 3.63) is 0 Å². The molecule has 5 heteroatoms. The second-order valence-corrected chi connectivity index (χ2v) is 2.95. The Morgan fingerprint density at radius 1 is 1.00 bits per heavy atom. The first-order valence-electron chi connectivity index (χ1n) is 3.95. The van der Waals surface area contributed by atoms with E-state index in [0.29, 0.717) is 6.42 Å². The second kappa shape index (κ2) is 3.68. The smallest absolute Gasteiger partial charge is 0.183 e. The van der Waals surface area contributed by atoms with Gasteiger partial charge < -0.3 is 25.2 Å². The minimum absolute atomic E-state index is 0.474. The van der Waals surface area contributed by atoms with Gasteiger partial charge in [-0.1, -0.05) is 6.92 Å². The van der Waals surface area contributed by atoms with Crippen LogP contribution < -0.4 is 0 Å². The van der Waals surface area contributed by atoms with Crippen molar-refractivity contribution in [2.24, 2.45) is 0 Å². The maximum absolute atomic E-state index is 9.28. The van der Waals surface area contributed by atoms with Crippen LogP contribution in [-0.4, -0.2) is 51.1 Å². The molecule has 72 valence electrons. The number of ether oxygens (including phenoxy) is 1. The number of aliphatic hydroxyl groups is 4. The van der Waals surface area contributed by atoms with Gasteiger partial charge >= 0.3 is 0 Å². The van der Waals surface area contributed by atoms with E-state index in [1.54, 1.807) is 6.92 Å². The highest BCUT2D eigenvalue weighted by Crippen LogP contribution is 2.21. The summed E-state index contributed by atoms with van der Waals surface area (Å²) in [7, 11) is 0. The molecule has 0 amide bonds. The van der Waals surface area contributed by atoms with Crippen molar-refractivity contribution in [2.75, 3.05) is 0 Å². The lowest BCUT2D eigenvalue weighted by Gasteiger charge is -2.37. The quantitative estimate of drug-likeness (QED) is 0.380. The number of aliphatic hydroxyl groups excluding tert-OH is 4. The minimum atomic E-state index is -1.43. The fourth-order valence-electron chi connectivity index (χ4n) is 1.27. The third-order valence-electron chi connectivity index (χ3n) is 2.09. The summed E-state index contributed by atoms with van der Waals surface area (Å²) in [6, 6.07) is 0. The summed E-state index contributed by atoms with van der Waals surface area (Å²) in [5.74, 6) is 0. The van der Waals surface area contributed by atoms with Crippen molar-refractivity contribution >= 4 is 0 Å². The fraction of sp³-hybridized carbons (Fsp3) is 1.00. The van der Waals surface area contributed by atoms with Crippen LogP contribution in [0.4, 0.5) is 0 Å². The number of rotatable bonds is 1. The third kappa shape index (κ3) is 1.60. The van der Waals surface area contributed by atoms with Gasteiger partial charge in [-0.3, -0.25) is 0 Å². The monoisotopic (exact) mass is 178 g/mol. The van der Waals surface area contributed by atoms with Gasteiger partial charge in [0.15, 0.2) is 6.29 Å². The Bertz CT molecular complexity index is 146. The van der Waals surface area contributed by atoms with E-state index in [9.17, 15) is 10.2 Å². The van der Waals surface area contributed by atoms with Gasteiger partial charge in [-0.05, 0) is 6.42 Å². The van der Waals surface area contributed by atoms with Crippen LogP contribution in [-0.2, 0) is 4.74 Å². The van der Waals surface area contributed by atoms with Crippen molar-refractivity contribution in [1.29, 1.82) is 0 Å². The zero-order valence-corrected chi connectivity index (χ0v) is 6.79. The van der Waals surface area contributed by atoms with Gasteiger partial charge in [-0.2, -0.15) is 0 Å². The van der Waals surface area contributed by atoms with Gasteiger partial charge in [0, 0.05) is 0 Å². The van der Waals surface area contributed by atoms with E-state index < -0.39 is 30.7 Å². The molecule has 5 nitrogen and oxygen atoms in total. The molecule has 5 atom stereocenters. The van der Waals surface area contributed by atoms with Crippen LogP contribution in [0, 0.1) is 0 Å². The van der Waals surface area contributed by atoms with E-state index in [4.69, 9.17) is 14.9 Å². The van der Waals surface area contributed by atoms with Crippen LogP contribution in [0.15, 0.2) is 0 Å². The summed E-state index contributed by atoms with van der Waals surface area (Å²) in [5.41, 5.74) is 0. The highest BCUT2D eigenvalue weighted by molar-refractivity contribution is 4.87. The van der Waals surface area contributed by atoms with Crippen LogP contribution in [0.2, 0.25) is 0 Å². The van der Waals surface area contributed by atoms with Crippen LogP contribution in [0.3, 0.4) is 0 Å². The minimum Gasteiger partial charge on any atom is -0.388 e. The Labute approximate surface area is 70.2 Å². The molecule has 0 saturated carbocycles. The standard InChI is InChI=1S/C7H14O5/c1-2-3-4(8)5(9)6(10)7(11)12-3/h3-11H,2H2,1H3/t3-,4-,5+,6-,7-/m1/s1. The molecule has 0 aromatic carbocycles. The molecular weight excluding hydrogens is 164 g/mol. The fourth-order valence-corrected chi connectivity index (χ4v) is 1.27. The van der Waals surface area contributed by atoms with E-state index in [2.05, 4.69) is 0 Å². The molecule has 1 rings (SSSR count). The van der Waals surface area contributed by atoms with Gasteiger partial charge in [-0.25, -0.2) is 0 Å². The Kier molecular flexibility index (Phi) is 3.03. The van der Waals surface area contributed by atoms with Crippen LogP contribution in [0.5, 0.6) is 0 Å². The average Bonchev–Trinajstić information content (AvgIpc) is 2.08. The van der Waals surface area contributed by atoms with E-state index in [1.807, 2.05) is 0 Å². The lowest BCUT2D eigenvalue weighted by molar-refractivity contribution is -0.281. The molecule has 1 heterocycles. The molecule has 4 N–H and O–H groups in total. The summed E-state index contributed by atoms with van der Waals surface area (Å²) >= 11 is 0. The molecule has 1 aliphatic heterocycles. The molecule has 0 bridgehead atoms. The Morgan fingerprint density at radius 2 is 1.58 bits per heavy atom. The molecule has 0 unspecified atom stereocenters. The van der Waals surface area contributed by atoms with E-state index in [1.165, 1.54) is 0 Å². The van der Waals surface area contributed by atoms with E-state index in [0.717, 1.165) is 0 Å². The summed E-state index contributed by atoms with van der Waals surface area (Å²) in [4.78, 5) is 0. The zero-order valence-electron chi connectivity index (χ0n) is 6.79. The van der Waals surface area contributed by atoms with E-state index in [-0.39, 0.29) is 0 Å². The Morgan fingerprint density at radius 3 is 2.08 bits per heavy atom. The maximum atomic E-state index is 9.28. The van der Waals surface area contributed by atoms with E-state index >= 15 is 0 Å². The molecule has 0 aliphatic carbocycles. The van der Waals surface area contributed by atoms with Gasteiger partial charge in [0.1, 0.15) is 18.3 Å². The van der Waals surface area contributed by atoms with Crippen molar-refractivity contribution in [3.63, 3.8) is 0 Å². The first-order valence-corrected chi connectivity index (χ1v) is 3.95. The van der Waals surface area contributed by atoms with Crippen LogP contribution in [0.25, 0.3) is 0 Å². The van der Waals surface area contributed by atoms with Crippen LogP contribution in [0.1, 0.15) is 13.3 Å². The summed E-state index contributed by atoms with van der Waals surface area (Å²) in [5, 5.41) is 36.5. The SMILES string of the molecule is CC[C@H]1O[C@@H](O)[C@H](O)[C@@H](O)[C@@H]1O. The van der Waals surface area contributed by atoms with Gasteiger partial charge in [0.2, 0.25) is 0 Å². The summed E-state index contributed by atoms with van der Waals surface area (Å²) in [6.45, 7) is 1.75. The highest BCUT2D eigenvalue weighted by atomic mass is 16.6. The van der Waals surface area contributed by atoms with Gasteiger partial charge in [-0.15, -0.1) is 0 Å². The van der Waals surface area contributed by atoms with Crippen molar-refractivity contribution < 1.29 is 25.2 Å². The third-order valence-corrected chi connectivity index (χ3v) is 2.09. The normalized spacial score (nSPS) is 49.2. The van der Waals surface area contributed by atoms with Crippen molar-refractivity contribution in [1.82, 2.24) is 0 Å². The predicted octanol–water partition coefficient (Wildman–Crippen LogP) is -1.80. The molecule has 1 aliphatic rings. The molecule has 0 aromatic rings. The molecular formula is C7H14O5. The topological polar surface area (TPSA) is 90.2 Å². The largest absolute Gasteiger partial charge is 0.388 e. The maximum Gasteiger partial charge on any atom is 0.183 e.